The average molecular weight is 427 g/mol. The Bertz CT molecular complexity index is 957. The number of carbonyl (C=O) groups is 1. The molecule has 1 unspecified atom stereocenters. The molecule has 1 aliphatic heterocycles. The van der Waals surface area contributed by atoms with Crippen molar-refractivity contribution in [2.24, 2.45) is 0 Å². The van der Waals surface area contributed by atoms with Crippen molar-refractivity contribution in [3.8, 4) is 5.75 Å². The summed E-state index contributed by atoms with van der Waals surface area (Å²) in [5.41, 5.74) is 1.17. The summed E-state index contributed by atoms with van der Waals surface area (Å²) in [6.07, 6.45) is 4.91. The molecule has 2 N–H and O–H groups in total. The molecule has 0 saturated carbocycles. The van der Waals surface area contributed by atoms with Gasteiger partial charge in [0.05, 0.1) is 11.0 Å². The molecule has 1 amide bonds. The highest BCUT2D eigenvalue weighted by Crippen LogP contribution is 2.19. The summed E-state index contributed by atoms with van der Waals surface area (Å²) in [4.78, 5) is 22.4. The first-order chi connectivity index (χ1) is 14.5. The van der Waals surface area contributed by atoms with Crippen molar-refractivity contribution in [2.75, 3.05) is 18.5 Å². The molecule has 156 valence electrons. The number of non-ortho nitro benzene ring substituents is 1. The van der Waals surface area contributed by atoms with Gasteiger partial charge in [-0.2, -0.15) is 0 Å². The predicted octanol–water partition coefficient (Wildman–Crippen LogP) is 3.68. The lowest BCUT2D eigenvalue weighted by atomic mass is 10.2. The van der Waals surface area contributed by atoms with E-state index in [2.05, 4.69) is 10.6 Å². The van der Waals surface area contributed by atoms with E-state index in [1.165, 1.54) is 24.3 Å². The van der Waals surface area contributed by atoms with E-state index in [1.54, 1.807) is 24.3 Å². The van der Waals surface area contributed by atoms with Crippen LogP contribution in [0.3, 0.4) is 0 Å². The summed E-state index contributed by atoms with van der Waals surface area (Å²) in [6, 6.07) is 13.2. The third-order valence-corrected chi connectivity index (χ3v) is 4.50. The molecule has 1 fully saturated rings. The maximum atomic E-state index is 12.1. The average Bonchev–Trinajstić information content (AvgIpc) is 3.25. The van der Waals surface area contributed by atoms with Crippen LogP contribution < -0.4 is 15.4 Å². The minimum absolute atomic E-state index is 0.0451. The molecular formula is C21H21N3O5S. The molecule has 2 aromatic carbocycles. The van der Waals surface area contributed by atoms with Crippen molar-refractivity contribution < 1.29 is 19.2 Å². The zero-order valence-corrected chi connectivity index (χ0v) is 16.9. The Kier molecular flexibility index (Phi) is 7.47. The normalized spacial score (nSPS) is 15.7. The number of amides is 1. The van der Waals surface area contributed by atoms with Crippen molar-refractivity contribution in [2.45, 2.75) is 18.9 Å². The first kappa shape index (κ1) is 21.4. The fourth-order valence-corrected chi connectivity index (χ4v) is 3.08. The van der Waals surface area contributed by atoms with E-state index < -0.39 is 10.8 Å². The number of nitro benzene ring substituents is 1. The standard InChI is InChI=1S/C21H21N3O5S/c25-20(10-9-15-4-1-6-17(12-15)24(26)27)23-21(30)22-16-5-2-7-18(13-16)29-14-19-8-3-11-28-19/h1-2,4-7,9-10,12-13,19H,3,8,11,14H2,(H2,22,23,25,30)/b10-9+. The number of carbonyl (C=O) groups excluding carboxylic acids is 1. The van der Waals surface area contributed by atoms with Gasteiger partial charge in [-0.1, -0.05) is 18.2 Å². The Balaban J connectivity index is 1.49. The van der Waals surface area contributed by atoms with Crippen molar-refractivity contribution in [3.05, 3.63) is 70.3 Å². The highest BCUT2D eigenvalue weighted by atomic mass is 32.1. The molecule has 8 nitrogen and oxygen atoms in total. The van der Waals surface area contributed by atoms with Crippen molar-refractivity contribution in [1.82, 2.24) is 5.32 Å². The Hall–Kier alpha value is -3.30. The molecule has 1 atom stereocenters. The van der Waals surface area contributed by atoms with Gasteiger partial charge < -0.3 is 14.8 Å². The molecule has 0 aliphatic carbocycles. The molecule has 3 rings (SSSR count). The van der Waals surface area contributed by atoms with Gasteiger partial charge in [-0.05, 0) is 48.8 Å². The first-order valence-corrected chi connectivity index (χ1v) is 9.79. The number of hydrogen-bond donors (Lipinski definition) is 2. The van der Waals surface area contributed by atoms with Gasteiger partial charge in [-0.15, -0.1) is 0 Å². The second-order valence-corrected chi connectivity index (χ2v) is 7.01. The molecule has 1 saturated heterocycles. The fourth-order valence-electron chi connectivity index (χ4n) is 2.86. The summed E-state index contributed by atoms with van der Waals surface area (Å²) in [7, 11) is 0. The summed E-state index contributed by atoms with van der Waals surface area (Å²) >= 11 is 5.17. The molecule has 2 aromatic rings. The predicted molar refractivity (Wildman–Crippen MR) is 117 cm³/mol. The molecule has 1 heterocycles. The van der Waals surface area contributed by atoms with Gasteiger partial charge in [0.25, 0.3) is 5.69 Å². The van der Waals surface area contributed by atoms with Crippen molar-refractivity contribution in [3.63, 3.8) is 0 Å². The third-order valence-electron chi connectivity index (χ3n) is 4.30. The number of benzene rings is 2. The summed E-state index contributed by atoms with van der Waals surface area (Å²) in [5, 5.41) is 16.4. The number of nitrogens with zero attached hydrogens (tertiary/aromatic N) is 1. The molecule has 0 spiro atoms. The lowest BCUT2D eigenvalue weighted by Gasteiger charge is -2.13. The molecule has 1 aliphatic rings. The molecule has 30 heavy (non-hydrogen) atoms. The second kappa shape index (κ2) is 10.5. The van der Waals surface area contributed by atoms with Gasteiger partial charge in [0.15, 0.2) is 5.11 Å². The zero-order chi connectivity index (χ0) is 21.3. The Labute approximate surface area is 179 Å². The van der Waals surface area contributed by atoms with E-state index >= 15 is 0 Å². The van der Waals surface area contributed by atoms with Gasteiger partial charge in [0.2, 0.25) is 5.91 Å². The van der Waals surface area contributed by atoms with Crippen LogP contribution in [0.2, 0.25) is 0 Å². The fraction of sp³-hybridized carbons (Fsp3) is 0.238. The maximum absolute atomic E-state index is 12.1. The van der Waals surface area contributed by atoms with E-state index in [9.17, 15) is 14.9 Å². The highest BCUT2D eigenvalue weighted by molar-refractivity contribution is 7.80. The maximum Gasteiger partial charge on any atom is 0.270 e. The summed E-state index contributed by atoms with van der Waals surface area (Å²) in [6.45, 7) is 1.27. The minimum atomic E-state index is -0.491. The quantitative estimate of drug-likeness (QED) is 0.301. The van der Waals surface area contributed by atoms with E-state index in [0.29, 0.717) is 23.6 Å². The molecule has 0 bridgehead atoms. The van der Waals surface area contributed by atoms with Gasteiger partial charge in [0.1, 0.15) is 12.4 Å². The Morgan fingerprint density at radius 3 is 2.90 bits per heavy atom. The lowest BCUT2D eigenvalue weighted by molar-refractivity contribution is -0.384. The highest BCUT2D eigenvalue weighted by Gasteiger charge is 2.16. The first-order valence-electron chi connectivity index (χ1n) is 9.38. The SMILES string of the molecule is O=C(/C=C/c1cccc([N+](=O)[O-])c1)NC(=S)Nc1cccc(OCC2CCCO2)c1. The van der Waals surface area contributed by atoms with E-state index in [-0.39, 0.29) is 16.9 Å². The third kappa shape index (κ3) is 6.64. The number of hydrogen-bond acceptors (Lipinski definition) is 6. The number of ether oxygens (including phenoxy) is 2. The Morgan fingerprint density at radius 1 is 1.30 bits per heavy atom. The van der Waals surface area contributed by atoms with Gasteiger partial charge in [-0.3, -0.25) is 20.2 Å². The van der Waals surface area contributed by atoms with Gasteiger partial charge in [-0.25, -0.2) is 0 Å². The van der Waals surface area contributed by atoms with Crippen LogP contribution in [0.25, 0.3) is 6.08 Å². The summed E-state index contributed by atoms with van der Waals surface area (Å²) in [5.74, 6) is 0.222. The second-order valence-electron chi connectivity index (χ2n) is 6.60. The number of anilines is 1. The topological polar surface area (TPSA) is 103 Å². The van der Waals surface area contributed by atoms with Crippen LogP contribution in [0, 0.1) is 10.1 Å². The summed E-state index contributed by atoms with van der Waals surface area (Å²) < 4.78 is 11.3. The number of rotatable bonds is 7. The minimum Gasteiger partial charge on any atom is -0.491 e. The van der Waals surface area contributed by atoms with Crippen LogP contribution >= 0.6 is 12.2 Å². The molecule has 0 aromatic heterocycles. The molecule has 0 radical (unpaired) electrons. The molecular weight excluding hydrogens is 406 g/mol. The lowest BCUT2D eigenvalue weighted by Crippen LogP contribution is -2.32. The smallest absolute Gasteiger partial charge is 0.270 e. The van der Waals surface area contributed by atoms with Crippen LogP contribution in [0.5, 0.6) is 5.75 Å². The van der Waals surface area contributed by atoms with Crippen LogP contribution in [0.15, 0.2) is 54.6 Å². The monoisotopic (exact) mass is 427 g/mol. The van der Waals surface area contributed by atoms with Gasteiger partial charge in [0, 0.05) is 36.6 Å². The van der Waals surface area contributed by atoms with E-state index in [1.807, 2.05) is 12.1 Å². The van der Waals surface area contributed by atoms with Crippen LogP contribution in [-0.4, -0.2) is 35.3 Å². The van der Waals surface area contributed by atoms with E-state index in [0.717, 1.165) is 19.4 Å². The van der Waals surface area contributed by atoms with Crippen LogP contribution in [0.1, 0.15) is 18.4 Å². The van der Waals surface area contributed by atoms with Crippen molar-refractivity contribution in [1.29, 1.82) is 0 Å². The molecule has 9 heteroatoms. The zero-order valence-electron chi connectivity index (χ0n) is 16.1. The van der Waals surface area contributed by atoms with Crippen LogP contribution in [0.4, 0.5) is 11.4 Å². The van der Waals surface area contributed by atoms with E-state index in [4.69, 9.17) is 21.7 Å². The van der Waals surface area contributed by atoms with Crippen molar-refractivity contribution >= 4 is 40.7 Å². The van der Waals surface area contributed by atoms with Crippen LogP contribution in [-0.2, 0) is 9.53 Å². The number of nitro groups is 1. The Morgan fingerprint density at radius 2 is 2.13 bits per heavy atom. The number of nitrogens with one attached hydrogen (secondary N) is 2. The van der Waals surface area contributed by atoms with Gasteiger partial charge >= 0.3 is 0 Å². The largest absolute Gasteiger partial charge is 0.491 e. The number of thiocarbonyl (C=S) groups is 1.